The Labute approximate surface area is 156 Å². The van der Waals surface area contributed by atoms with E-state index < -0.39 is 10.0 Å². The summed E-state index contributed by atoms with van der Waals surface area (Å²) in [5.41, 5.74) is 2.61. The number of methoxy groups -OCH3 is 1. The fraction of sp³-hybridized carbons (Fsp3) is 0.400. The van der Waals surface area contributed by atoms with Crippen molar-refractivity contribution in [2.24, 2.45) is 0 Å². The highest BCUT2D eigenvalue weighted by Crippen LogP contribution is 2.21. The quantitative estimate of drug-likeness (QED) is 0.780. The number of piperazine rings is 1. The molecule has 26 heavy (non-hydrogen) atoms. The first-order chi connectivity index (χ1) is 12.5. The second-order valence-electron chi connectivity index (χ2n) is 6.53. The first kappa shape index (κ1) is 18.9. The van der Waals surface area contributed by atoms with Gasteiger partial charge in [-0.3, -0.25) is 4.90 Å². The average molecular weight is 375 g/mol. The first-order valence-corrected chi connectivity index (χ1v) is 10.4. The van der Waals surface area contributed by atoms with Crippen molar-refractivity contribution in [3.8, 4) is 5.75 Å². The van der Waals surface area contributed by atoms with E-state index >= 15 is 0 Å². The monoisotopic (exact) mass is 374 g/mol. The first-order valence-electron chi connectivity index (χ1n) is 8.97. The van der Waals surface area contributed by atoms with Crippen LogP contribution in [0.15, 0.2) is 53.4 Å². The van der Waals surface area contributed by atoms with E-state index in [2.05, 4.69) is 36.1 Å². The highest BCUT2D eigenvalue weighted by atomic mass is 32.2. The van der Waals surface area contributed by atoms with Gasteiger partial charge in [-0.05, 0) is 41.8 Å². The number of hydrogen-bond acceptors (Lipinski definition) is 4. The van der Waals surface area contributed by atoms with Gasteiger partial charge in [-0.25, -0.2) is 8.42 Å². The highest BCUT2D eigenvalue weighted by molar-refractivity contribution is 7.89. The van der Waals surface area contributed by atoms with Gasteiger partial charge in [0.2, 0.25) is 10.0 Å². The molecule has 140 valence electrons. The van der Waals surface area contributed by atoms with Gasteiger partial charge in [0, 0.05) is 32.7 Å². The van der Waals surface area contributed by atoms with Crippen molar-refractivity contribution < 1.29 is 13.2 Å². The lowest BCUT2D eigenvalue weighted by atomic mass is 10.1. The number of nitrogens with zero attached hydrogens (tertiary/aromatic N) is 2. The smallest absolute Gasteiger partial charge is 0.243 e. The van der Waals surface area contributed by atoms with Gasteiger partial charge in [-0.2, -0.15) is 4.31 Å². The summed E-state index contributed by atoms with van der Waals surface area (Å²) in [6.45, 7) is 5.52. The van der Waals surface area contributed by atoms with Crippen LogP contribution in [0.3, 0.4) is 0 Å². The zero-order valence-corrected chi connectivity index (χ0v) is 16.2. The molecule has 1 heterocycles. The number of ether oxygens (including phenoxy) is 1. The third kappa shape index (κ3) is 4.26. The molecule has 6 heteroatoms. The maximum Gasteiger partial charge on any atom is 0.243 e. The third-order valence-electron chi connectivity index (χ3n) is 4.87. The Balaban J connectivity index is 1.59. The number of benzene rings is 2. The molecule has 0 spiro atoms. The highest BCUT2D eigenvalue weighted by Gasteiger charge is 2.28. The van der Waals surface area contributed by atoms with Gasteiger partial charge in [0.25, 0.3) is 0 Å². The van der Waals surface area contributed by atoms with Crippen LogP contribution in [0.4, 0.5) is 0 Å². The SMILES string of the molecule is CCc1ccc(CN2CCN(S(=O)(=O)c3ccc(OC)cc3)CC2)cc1. The van der Waals surface area contributed by atoms with Gasteiger partial charge in [0.15, 0.2) is 0 Å². The van der Waals surface area contributed by atoms with Crippen molar-refractivity contribution in [2.45, 2.75) is 24.8 Å². The Morgan fingerprint density at radius 1 is 0.885 bits per heavy atom. The van der Waals surface area contributed by atoms with Crippen LogP contribution in [0.5, 0.6) is 5.75 Å². The predicted molar refractivity (Wildman–Crippen MR) is 103 cm³/mol. The molecule has 0 atom stereocenters. The maximum absolute atomic E-state index is 12.8. The molecule has 2 aromatic carbocycles. The van der Waals surface area contributed by atoms with Crippen molar-refractivity contribution >= 4 is 10.0 Å². The Morgan fingerprint density at radius 3 is 2.00 bits per heavy atom. The summed E-state index contributed by atoms with van der Waals surface area (Å²) in [6.07, 6.45) is 1.04. The fourth-order valence-electron chi connectivity index (χ4n) is 3.16. The van der Waals surface area contributed by atoms with Crippen LogP contribution >= 0.6 is 0 Å². The van der Waals surface area contributed by atoms with Gasteiger partial charge in [-0.1, -0.05) is 31.2 Å². The van der Waals surface area contributed by atoms with E-state index in [1.807, 2.05) is 0 Å². The summed E-state index contributed by atoms with van der Waals surface area (Å²) < 4.78 is 32.3. The molecule has 0 radical (unpaired) electrons. The molecule has 2 aromatic rings. The van der Waals surface area contributed by atoms with Crippen molar-refractivity contribution in [1.82, 2.24) is 9.21 Å². The lowest BCUT2D eigenvalue weighted by Crippen LogP contribution is -2.48. The van der Waals surface area contributed by atoms with E-state index in [4.69, 9.17) is 4.74 Å². The van der Waals surface area contributed by atoms with Crippen LogP contribution < -0.4 is 4.74 Å². The second-order valence-corrected chi connectivity index (χ2v) is 8.46. The molecule has 0 unspecified atom stereocenters. The Morgan fingerprint density at radius 2 is 1.46 bits per heavy atom. The number of hydrogen-bond donors (Lipinski definition) is 0. The molecule has 3 rings (SSSR count). The molecule has 0 N–H and O–H groups in total. The van der Waals surface area contributed by atoms with Crippen LogP contribution in [0.2, 0.25) is 0 Å². The average Bonchev–Trinajstić information content (AvgIpc) is 2.69. The predicted octanol–water partition coefficient (Wildman–Crippen LogP) is 2.76. The maximum atomic E-state index is 12.8. The molecular formula is C20H26N2O3S. The van der Waals surface area contributed by atoms with Crippen molar-refractivity contribution in [3.05, 3.63) is 59.7 Å². The molecule has 1 fully saturated rings. The third-order valence-corrected chi connectivity index (χ3v) is 6.78. The van der Waals surface area contributed by atoms with Crippen LogP contribution in [0.1, 0.15) is 18.1 Å². The number of sulfonamides is 1. The Kier molecular flexibility index (Phi) is 5.96. The summed E-state index contributed by atoms with van der Waals surface area (Å²) >= 11 is 0. The fourth-order valence-corrected chi connectivity index (χ4v) is 4.59. The lowest BCUT2D eigenvalue weighted by Gasteiger charge is -2.34. The number of rotatable bonds is 6. The van der Waals surface area contributed by atoms with E-state index in [1.54, 1.807) is 35.7 Å². The van der Waals surface area contributed by atoms with E-state index in [0.29, 0.717) is 23.7 Å². The minimum absolute atomic E-state index is 0.321. The molecule has 1 saturated heterocycles. The zero-order chi connectivity index (χ0) is 18.6. The summed E-state index contributed by atoms with van der Waals surface area (Å²) in [5.74, 6) is 0.655. The van der Waals surface area contributed by atoms with E-state index in [9.17, 15) is 8.42 Å². The summed E-state index contributed by atoms with van der Waals surface area (Å²) in [6, 6.07) is 15.2. The number of aryl methyl sites for hydroxylation is 1. The van der Waals surface area contributed by atoms with Crippen molar-refractivity contribution in [3.63, 3.8) is 0 Å². The molecule has 0 aromatic heterocycles. The largest absolute Gasteiger partial charge is 0.497 e. The second kappa shape index (κ2) is 8.20. The normalized spacial score (nSPS) is 16.5. The molecule has 1 aliphatic heterocycles. The summed E-state index contributed by atoms with van der Waals surface area (Å²) in [7, 11) is -1.87. The van der Waals surface area contributed by atoms with Crippen LogP contribution in [-0.4, -0.2) is 50.9 Å². The van der Waals surface area contributed by atoms with Crippen molar-refractivity contribution in [1.29, 1.82) is 0 Å². The van der Waals surface area contributed by atoms with Crippen molar-refractivity contribution in [2.75, 3.05) is 33.3 Å². The van der Waals surface area contributed by atoms with E-state index in [-0.39, 0.29) is 0 Å². The molecular weight excluding hydrogens is 348 g/mol. The summed E-state index contributed by atoms with van der Waals surface area (Å²) in [5, 5.41) is 0. The standard InChI is InChI=1S/C20H26N2O3S/c1-3-17-4-6-18(7-5-17)16-21-12-14-22(15-13-21)26(23,24)20-10-8-19(25-2)9-11-20/h4-11H,3,12-16H2,1-2H3. The topological polar surface area (TPSA) is 49.9 Å². The van der Waals surface area contributed by atoms with Crippen LogP contribution in [0.25, 0.3) is 0 Å². The molecule has 1 aliphatic rings. The van der Waals surface area contributed by atoms with Gasteiger partial charge < -0.3 is 4.74 Å². The van der Waals surface area contributed by atoms with E-state index in [1.165, 1.54) is 11.1 Å². The van der Waals surface area contributed by atoms with E-state index in [0.717, 1.165) is 26.1 Å². The van der Waals surface area contributed by atoms with Gasteiger partial charge in [-0.15, -0.1) is 0 Å². The zero-order valence-electron chi connectivity index (χ0n) is 15.4. The van der Waals surface area contributed by atoms with Gasteiger partial charge in [0.05, 0.1) is 12.0 Å². The molecule has 0 amide bonds. The van der Waals surface area contributed by atoms with Crippen LogP contribution in [-0.2, 0) is 23.0 Å². The molecule has 0 aliphatic carbocycles. The molecule has 0 bridgehead atoms. The van der Waals surface area contributed by atoms with Crippen LogP contribution in [0, 0.1) is 0 Å². The Bertz CT molecular complexity index is 809. The summed E-state index contributed by atoms with van der Waals surface area (Å²) in [4.78, 5) is 2.63. The van der Waals surface area contributed by atoms with Gasteiger partial charge in [0.1, 0.15) is 5.75 Å². The molecule has 5 nitrogen and oxygen atoms in total. The minimum Gasteiger partial charge on any atom is -0.497 e. The minimum atomic E-state index is -3.44. The molecule has 0 saturated carbocycles. The van der Waals surface area contributed by atoms with Gasteiger partial charge >= 0.3 is 0 Å². The Hall–Kier alpha value is -1.89. The lowest BCUT2D eigenvalue weighted by molar-refractivity contribution is 0.181.